The number of hydrogen-bond donors (Lipinski definition) is 0. The molecule has 0 heterocycles. The number of carbonyl (C=O) groups is 2. The Bertz CT molecular complexity index is 514. The van der Waals surface area contributed by atoms with Crippen molar-refractivity contribution in [1.82, 2.24) is 0 Å². The Hall–Kier alpha value is -2.10. The third-order valence-electron chi connectivity index (χ3n) is 2.52. The molecule has 88 valence electrons. The summed E-state index contributed by atoms with van der Waals surface area (Å²) in [5.41, 5.74) is 0.722. The molecule has 2 rings (SSSR count). The monoisotopic (exact) mass is 232 g/mol. The van der Waals surface area contributed by atoms with E-state index in [9.17, 15) is 9.59 Å². The summed E-state index contributed by atoms with van der Waals surface area (Å²) in [6.45, 7) is 2.37. The molecule has 1 aliphatic rings. The van der Waals surface area contributed by atoms with Crippen LogP contribution in [0.15, 0.2) is 30.0 Å². The fraction of sp³-hybridized carbons (Fsp3) is 0.231. The van der Waals surface area contributed by atoms with Gasteiger partial charge >= 0.3 is 0 Å². The lowest BCUT2D eigenvalue weighted by Crippen LogP contribution is -2.18. The van der Waals surface area contributed by atoms with Gasteiger partial charge in [0.15, 0.2) is 11.5 Å². The fourth-order valence-electron chi connectivity index (χ4n) is 1.73. The molecule has 1 aromatic rings. The zero-order chi connectivity index (χ0) is 12.4. The molecular formula is C13H12O4. The molecule has 0 spiro atoms. The van der Waals surface area contributed by atoms with Crippen molar-refractivity contribution >= 4 is 11.6 Å². The highest BCUT2D eigenvalue weighted by molar-refractivity contribution is 6.23. The topological polar surface area (TPSA) is 52.6 Å². The number of rotatable bonds is 3. The maximum Gasteiger partial charge on any atom is 0.228 e. The van der Waals surface area contributed by atoms with E-state index in [0.29, 0.717) is 23.5 Å². The summed E-state index contributed by atoms with van der Waals surface area (Å²) in [7, 11) is 1.37. The minimum absolute atomic E-state index is 0.0756. The van der Waals surface area contributed by atoms with E-state index in [-0.39, 0.29) is 17.3 Å². The van der Waals surface area contributed by atoms with E-state index in [2.05, 4.69) is 0 Å². The molecule has 0 bridgehead atoms. The van der Waals surface area contributed by atoms with Crippen LogP contribution in [-0.2, 0) is 4.74 Å². The van der Waals surface area contributed by atoms with Gasteiger partial charge in [0.1, 0.15) is 5.75 Å². The van der Waals surface area contributed by atoms with Crippen molar-refractivity contribution in [3.63, 3.8) is 0 Å². The lowest BCUT2D eigenvalue weighted by atomic mass is 9.93. The molecule has 0 N–H and O–H groups in total. The van der Waals surface area contributed by atoms with Crippen molar-refractivity contribution in [2.45, 2.75) is 6.92 Å². The molecule has 0 unspecified atom stereocenters. The molecule has 0 amide bonds. The van der Waals surface area contributed by atoms with E-state index < -0.39 is 0 Å². The Labute approximate surface area is 98.8 Å². The molecule has 4 nitrogen and oxygen atoms in total. The maximum atomic E-state index is 11.9. The van der Waals surface area contributed by atoms with E-state index in [1.54, 1.807) is 18.2 Å². The second-order valence-electron chi connectivity index (χ2n) is 3.55. The summed E-state index contributed by atoms with van der Waals surface area (Å²) in [6.07, 6.45) is 1.21. The second kappa shape index (κ2) is 4.41. The van der Waals surface area contributed by atoms with Crippen molar-refractivity contribution in [2.24, 2.45) is 0 Å². The Balaban J connectivity index is 2.48. The van der Waals surface area contributed by atoms with Gasteiger partial charge in [-0.3, -0.25) is 9.59 Å². The second-order valence-corrected chi connectivity index (χ2v) is 3.55. The normalized spacial score (nSPS) is 14.1. The minimum atomic E-state index is -0.273. The van der Waals surface area contributed by atoms with Crippen LogP contribution in [0.2, 0.25) is 0 Å². The van der Waals surface area contributed by atoms with Crippen molar-refractivity contribution in [3.8, 4) is 5.75 Å². The summed E-state index contributed by atoms with van der Waals surface area (Å²) in [5, 5.41) is 0. The average Bonchev–Trinajstić information content (AvgIpc) is 2.34. The summed E-state index contributed by atoms with van der Waals surface area (Å²) in [5.74, 6) is 0.150. The van der Waals surface area contributed by atoms with Crippen LogP contribution in [0.5, 0.6) is 5.75 Å². The zero-order valence-corrected chi connectivity index (χ0v) is 9.65. The van der Waals surface area contributed by atoms with E-state index in [1.165, 1.54) is 13.2 Å². The number of hydrogen-bond acceptors (Lipinski definition) is 4. The van der Waals surface area contributed by atoms with Crippen LogP contribution in [0.1, 0.15) is 27.6 Å². The van der Waals surface area contributed by atoms with Gasteiger partial charge < -0.3 is 9.47 Å². The molecule has 1 aromatic carbocycles. The van der Waals surface area contributed by atoms with Crippen molar-refractivity contribution in [2.75, 3.05) is 13.7 Å². The maximum absolute atomic E-state index is 11.9. The number of ketones is 2. The Morgan fingerprint density at radius 3 is 2.59 bits per heavy atom. The lowest BCUT2D eigenvalue weighted by Gasteiger charge is -2.14. The van der Waals surface area contributed by atoms with Gasteiger partial charge in [-0.25, -0.2) is 0 Å². The highest BCUT2D eigenvalue weighted by Crippen LogP contribution is 2.25. The predicted molar refractivity (Wildman–Crippen MR) is 61.4 cm³/mol. The van der Waals surface area contributed by atoms with Gasteiger partial charge in [-0.05, 0) is 25.1 Å². The van der Waals surface area contributed by atoms with Gasteiger partial charge in [0.2, 0.25) is 5.78 Å². The van der Waals surface area contributed by atoms with Gasteiger partial charge in [-0.15, -0.1) is 0 Å². The molecule has 0 saturated heterocycles. The standard InChI is InChI=1S/C13H12O4/c1-3-17-8-4-5-9-10(6-8)11(14)7-12(16-2)13(9)15/h4-7H,3H2,1-2H3. The molecule has 4 heteroatoms. The number of carbonyl (C=O) groups excluding carboxylic acids is 2. The lowest BCUT2D eigenvalue weighted by molar-refractivity contribution is 0.0916. The van der Waals surface area contributed by atoms with E-state index in [1.807, 2.05) is 6.92 Å². The molecule has 0 saturated carbocycles. The van der Waals surface area contributed by atoms with Crippen LogP contribution in [0.4, 0.5) is 0 Å². The molecule has 0 atom stereocenters. The van der Waals surface area contributed by atoms with Gasteiger partial charge in [0, 0.05) is 17.2 Å². The van der Waals surface area contributed by atoms with Gasteiger partial charge in [-0.2, -0.15) is 0 Å². The van der Waals surface area contributed by atoms with Crippen LogP contribution in [0, 0.1) is 0 Å². The largest absolute Gasteiger partial charge is 0.494 e. The quantitative estimate of drug-likeness (QED) is 0.799. The molecular weight excluding hydrogens is 220 g/mol. The number of ether oxygens (including phenoxy) is 2. The summed E-state index contributed by atoms with van der Waals surface area (Å²) in [6, 6.07) is 4.85. The predicted octanol–water partition coefficient (Wildman–Crippen LogP) is 1.99. The number of fused-ring (bicyclic) bond motifs is 1. The van der Waals surface area contributed by atoms with Crippen LogP contribution in [-0.4, -0.2) is 25.3 Å². The number of allylic oxidation sites excluding steroid dienone is 2. The first-order chi connectivity index (χ1) is 8.17. The molecule has 0 aliphatic heterocycles. The first-order valence-corrected chi connectivity index (χ1v) is 5.29. The Kier molecular flexibility index (Phi) is 2.95. The molecule has 1 aliphatic carbocycles. The first-order valence-electron chi connectivity index (χ1n) is 5.29. The number of Topliss-reactive ketones (excluding diaryl/α,β-unsaturated/α-hetero) is 1. The van der Waals surface area contributed by atoms with E-state index in [0.717, 1.165) is 0 Å². The van der Waals surface area contributed by atoms with E-state index in [4.69, 9.17) is 9.47 Å². The fourth-order valence-corrected chi connectivity index (χ4v) is 1.73. The Morgan fingerprint density at radius 1 is 1.18 bits per heavy atom. The van der Waals surface area contributed by atoms with Crippen molar-refractivity contribution < 1.29 is 19.1 Å². The molecule has 0 aromatic heterocycles. The van der Waals surface area contributed by atoms with E-state index >= 15 is 0 Å². The van der Waals surface area contributed by atoms with Crippen LogP contribution in [0.25, 0.3) is 0 Å². The average molecular weight is 232 g/mol. The summed E-state index contributed by atoms with van der Waals surface area (Å²) >= 11 is 0. The van der Waals surface area contributed by atoms with Crippen molar-refractivity contribution in [1.29, 1.82) is 0 Å². The van der Waals surface area contributed by atoms with Crippen LogP contribution >= 0.6 is 0 Å². The van der Waals surface area contributed by atoms with Crippen LogP contribution in [0.3, 0.4) is 0 Å². The third kappa shape index (κ3) is 1.93. The highest BCUT2D eigenvalue weighted by Gasteiger charge is 2.26. The van der Waals surface area contributed by atoms with Gasteiger partial charge in [0.05, 0.1) is 13.7 Å². The number of methoxy groups -OCH3 is 1. The molecule has 0 radical (unpaired) electrons. The third-order valence-corrected chi connectivity index (χ3v) is 2.52. The minimum Gasteiger partial charge on any atom is -0.494 e. The van der Waals surface area contributed by atoms with Gasteiger partial charge in [0.25, 0.3) is 0 Å². The Morgan fingerprint density at radius 2 is 1.94 bits per heavy atom. The molecule has 17 heavy (non-hydrogen) atoms. The SMILES string of the molecule is CCOc1ccc2c(c1)C(=O)C=C(OC)C2=O. The van der Waals surface area contributed by atoms with Crippen LogP contribution < -0.4 is 4.74 Å². The summed E-state index contributed by atoms with van der Waals surface area (Å²) < 4.78 is 10.2. The first kappa shape index (κ1) is 11.4. The number of benzene rings is 1. The highest BCUT2D eigenvalue weighted by atomic mass is 16.5. The smallest absolute Gasteiger partial charge is 0.228 e. The molecule has 0 fully saturated rings. The zero-order valence-electron chi connectivity index (χ0n) is 9.65. The van der Waals surface area contributed by atoms with Gasteiger partial charge in [-0.1, -0.05) is 0 Å². The van der Waals surface area contributed by atoms with Crippen molar-refractivity contribution in [3.05, 3.63) is 41.2 Å². The summed E-state index contributed by atoms with van der Waals surface area (Å²) in [4.78, 5) is 23.7.